The van der Waals surface area contributed by atoms with Gasteiger partial charge in [-0.2, -0.15) is 0 Å². The summed E-state index contributed by atoms with van der Waals surface area (Å²) in [6, 6.07) is 15.9. The molecular weight excluding hydrogens is 420 g/mol. The Kier molecular flexibility index (Phi) is 8.94. The quantitative estimate of drug-likeness (QED) is 0.321. The SMILES string of the molecule is NCCN(CCN)C(=O)CC(N)C(=O)NC(CCc1ccccc1)c1nc2ccccc2o1. The van der Waals surface area contributed by atoms with Crippen molar-refractivity contribution in [1.82, 2.24) is 15.2 Å². The summed E-state index contributed by atoms with van der Waals surface area (Å²) in [5.74, 6) is -0.285. The molecule has 0 bridgehead atoms. The minimum absolute atomic E-state index is 0.134. The van der Waals surface area contributed by atoms with E-state index >= 15 is 0 Å². The van der Waals surface area contributed by atoms with Crippen molar-refractivity contribution >= 4 is 22.9 Å². The average molecular weight is 453 g/mol. The monoisotopic (exact) mass is 452 g/mol. The summed E-state index contributed by atoms with van der Waals surface area (Å²) in [5.41, 5.74) is 19.7. The molecule has 0 fully saturated rings. The normalized spacial score (nSPS) is 12.9. The number of amides is 2. The van der Waals surface area contributed by atoms with E-state index in [1.165, 1.54) is 4.90 Å². The topological polar surface area (TPSA) is 154 Å². The Morgan fingerprint density at radius 3 is 2.33 bits per heavy atom. The standard InChI is InChI=1S/C24H32N6O3/c25-12-14-30(15-13-26)22(31)16-18(27)23(32)28-20(11-10-17-6-2-1-3-7-17)24-29-19-8-4-5-9-21(19)33-24/h1-9,18,20H,10-16,25-27H2,(H,28,32). The minimum Gasteiger partial charge on any atom is -0.438 e. The van der Waals surface area contributed by atoms with E-state index < -0.39 is 18.0 Å². The maximum absolute atomic E-state index is 12.9. The molecule has 0 aliphatic rings. The summed E-state index contributed by atoms with van der Waals surface area (Å²) < 4.78 is 5.91. The van der Waals surface area contributed by atoms with Crippen molar-refractivity contribution in [2.24, 2.45) is 17.2 Å². The van der Waals surface area contributed by atoms with Crippen LogP contribution in [0.1, 0.15) is 30.3 Å². The fourth-order valence-electron chi connectivity index (χ4n) is 3.61. The summed E-state index contributed by atoms with van der Waals surface area (Å²) in [6.45, 7) is 1.36. The first-order valence-corrected chi connectivity index (χ1v) is 11.1. The molecule has 7 N–H and O–H groups in total. The lowest BCUT2D eigenvalue weighted by molar-refractivity contribution is -0.134. The minimum atomic E-state index is -1.01. The molecule has 2 amide bonds. The number of nitrogens with one attached hydrogen (secondary N) is 1. The number of carbonyl (C=O) groups is 2. The molecule has 2 aromatic carbocycles. The van der Waals surface area contributed by atoms with Gasteiger partial charge in [-0.15, -0.1) is 0 Å². The van der Waals surface area contributed by atoms with Gasteiger partial charge in [0, 0.05) is 26.2 Å². The molecular formula is C24H32N6O3. The second-order valence-electron chi connectivity index (χ2n) is 7.87. The Morgan fingerprint density at radius 2 is 1.67 bits per heavy atom. The van der Waals surface area contributed by atoms with Gasteiger partial charge in [0.2, 0.25) is 17.7 Å². The number of nitrogens with zero attached hydrogens (tertiary/aromatic N) is 2. The van der Waals surface area contributed by atoms with Crippen molar-refractivity contribution in [2.45, 2.75) is 31.3 Å². The van der Waals surface area contributed by atoms with Gasteiger partial charge in [0.15, 0.2) is 5.58 Å². The molecule has 0 saturated heterocycles. The zero-order valence-corrected chi connectivity index (χ0v) is 18.7. The van der Waals surface area contributed by atoms with Gasteiger partial charge in [-0.05, 0) is 30.5 Å². The number of rotatable bonds is 12. The van der Waals surface area contributed by atoms with Gasteiger partial charge in [-0.1, -0.05) is 42.5 Å². The third-order valence-electron chi connectivity index (χ3n) is 5.37. The van der Waals surface area contributed by atoms with Crippen LogP contribution in [0.25, 0.3) is 11.1 Å². The largest absolute Gasteiger partial charge is 0.438 e. The maximum Gasteiger partial charge on any atom is 0.238 e. The van der Waals surface area contributed by atoms with Gasteiger partial charge in [0.05, 0.1) is 12.5 Å². The molecule has 1 heterocycles. The highest BCUT2D eigenvalue weighted by Gasteiger charge is 2.26. The Labute approximate surface area is 193 Å². The third-order valence-corrected chi connectivity index (χ3v) is 5.37. The average Bonchev–Trinajstić information content (AvgIpc) is 3.26. The van der Waals surface area contributed by atoms with Gasteiger partial charge in [0.25, 0.3) is 0 Å². The zero-order chi connectivity index (χ0) is 23.6. The number of hydrogen-bond donors (Lipinski definition) is 4. The van der Waals surface area contributed by atoms with E-state index in [-0.39, 0.29) is 12.3 Å². The van der Waals surface area contributed by atoms with Gasteiger partial charge >= 0.3 is 0 Å². The Balaban J connectivity index is 1.71. The predicted octanol–water partition coefficient (Wildman–Crippen LogP) is 1.08. The molecule has 2 unspecified atom stereocenters. The highest BCUT2D eigenvalue weighted by Crippen LogP contribution is 2.24. The zero-order valence-electron chi connectivity index (χ0n) is 18.7. The smallest absolute Gasteiger partial charge is 0.238 e. The maximum atomic E-state index is 12.9. The molecule has 2 atom stereocenters. The fourth-order valence-corrected chi connectivity index (χ4v) is 3.61. The van der Waals surface area contributed by atoms with E-state index in [9.17, 15) is 9.59 Å². The molecule has 9 nitrogen and oxygen atoms in total. The van der Waals surface area contributed by atoms with Crippen molar-refractivity contribution in [3.63, 3.8) is 0 Å². The van der Waals surface area contributed by atoms with Gasteiger partial charge < -0.3 is 31.8 Å². The van der Waals surface area contributed by atoms with Crippen molar-refractivity contribution in [3.8, 4) is 0 Å². The molecule has 0 aliphatic carbocycles. The summed E-state index contributed by atoms with van der Waals surface area (Å²) in [5, 5.41) is 2.93. The third kappa shape index (κ3) is 6.85. The van der Waals surface area contributed by atoms with Crippen LogP contribution < -0.4 is 22.5 Å². The van der Waals surface area contributed by atoms with Crippen molar-refractivity contribution in [3.05, 3.63) is 66.1 Å². The second kappa shape index (κ2) is 12.1. The first kappa shape index (κ1) is 24.4. The van der Waals surface area contributed by atoms with Crippen LogP contribution >= 0.6 is 0 Å². The summed E-state index contributed by atoms with van der Waals surface area (Å²) >= 11 is 0. The van der Waals surface area contributed by atoms with Crippen molar-refractivity contribution in [1.29, 1.82) is 0 Å². The van der Waals surface area contributed by atoms with Crippen LogP contribution in [0.15, 0.2) is 59.0 Å². The van der Waals surface area contributed by atoms with E-state index in [2.05, 4.69) is 10.3 Å². The second-order valence-corrected chi connectivity index (χ2v) is 7.87. The van der Waals surface area contributed by atoms with Crippen molar-refractivity contribution < 1.29 is 14.0 Å². The van der Waals surface area contributed by atoms with E-state index in [4.69, 9.17) is 21.6 Å². The summed E-state index contributed by atoms with van der Waals surface area (Å²) in [6.07, 6.45) is 1.14. The molecule has 0 saturated carbocycles. The summed E-state index contributed by atoms with van der Waals surface area (Å²) in [7, 11) is 0. The molecule has 0 aliphatic heterocycles. The number of carbonyl (C=O) groups excluding carboxylic acids is 2. The number of aromatic nitrogens is 1. The summed E-state index contributed by atoms with van der Waals surface area (Å²) in [4.78, 5) is 31.5. The number of aryl methyl sites for hydroxylation is 1. The first-order valence-electron chi connectivity index (χ1n) is 11.1. The lowest BCUT2D eigenvalue weighted by Gasteiger charge is -2.23. The van der Waals surface area contributed by atoms with E-state index in [1.54, 1.807) is 0 Å². The number of hydrogen-bond acceptors (Lipinski definition) is 7. The van der Waals surface area contributed by atoms with Crippen molar-refractivity contribution in [2.75, 3.05) is 26.2 Å². The lowest BCUT2D eigenvalue weighted by atomic mass is 10.0. The molecule has 3 rings (SSSR count). The molecule has 0 spiro atoms. The molecule has 1 aromatic heterocycles. The van der Waals surface area contributed by atoms with E-state index in [1.807, 2.05) is 54.6 Å². The Hall–Kier alpha value is -3.27. The lowest BCUT2D eigenvalue weighted by Crippen LogP contribution is -2.47. The predicted molar refractivity (Wildman–Crippen MR) is 127 cm³/mol. The molecule has 176 valence electrons. The Bertz CT molecular complexity index is 1000. The highest BCUT2D eigenvalue weighted by molar-refractivity contribution is 5.88. The molecule has 3 aromatic rings. The number of oxazole rings is 1. The van der Waals surface area contributed by atoms with Crippen LogP contribution in [0.5, 0.6) is 0 Å². The highest BCUT2D eigenvalue weighted by atomic mass is 16.3. The number of benzene rings is 2. The number of nitrogens with two attached hydrogens (primary N) is 3. The van der Waals surface area contributed by atoms with E-state index in [0.717, 1.165) is 5.56 Å². The first-order chi connectivity index (χ1) is 16.0. The Morgan fingerprint density at radius 1 is 1.00 bits per heavy atom. The van der Waals surface area contributed by atoms with Gasteiger partial charge in [-0.25, -0.2) is 4.98 Å². The molecule has 0 radical (unpaired) electrons. The van der Waals surface area contributed by atoms with E-state index in [0.29, 0.717) is 56.0 Å². The van der Waals surface area contributed by atoms with Gasteiger partial charge in [-0.3, -0.25) is 9.59 Å². The number of para-hydroxylation sites is 2. The van der Waals surface area contributed by atoms with Crippen LogP contribution in [-0.4, -0.2) is 53.9 Å². The van der Waals surface area contributed by atoms with Crippen LogP contribution in [0, 0.1) is 0 Å². The fraction of sp³-hybridized carbons (Fsp3) is 0.375. The van der Waals surface area contributed by atoms with Crippen LogP contribution in [0.4, 0.5) is 0 Å². The van der Waals surface area contributed by atoms with Crippen LogP contribution in [0.3, 0.4) is 0 Å². The van der Waals surface area contributed by atoms with Crippen LogP contribution in [0.2, 0.25) is 0 Å². The van der Waals surface area contributed by atoms with Crippen LogP contribution in [-0.2, 0) is 16.0 Å². The van der Waals surface area contributed by atoms with Gasteiger partial charge in [0.1, 0.15) is 11.6 Å². The number of fused-ring (bicyclic) bond motifs is 1. The molecule has 9 heteroatoms. The molecule has 33 heavy (non-hydrogen) atoms.